The average Bonchev–Trinajstić information content (AvgIpc) is 2.30. The van der Waals surface area contributed by atoms with Crippen LogP contribution in [0.4, 0.5) is 10.1 Å². The Labute approximate surface area is 122 Å². The Morgan fingerprint density at radius 3 is 2.47 bits per heavy atom. The third kappa shape index (κ3) is 4.35. The maximum atomic E-state index is 13.3. The van der Waals surface area contributed by atoms with Crippen molar-refractivity contribution in [2.75, 3.05) is 5.32 Å². The maximum Gasteiger partial charge on any atom is 0.125 e. The fourth-order valence-electron chi connectivity index (χ4n) is 2.13. The zero-order valence-electron chi connectivity index (χ0n) is 11.1. The van der Waals surface area contributed by atoms with Crippen LogP contribution in [-0.2, 0) is 6.42 Å². The lowest BCUT2D eigenvalue weighted by atomic mass is 10.1. The summed E-state index contributed by atoms with van der Waals surface area (Å²) in [7, 11) is 0. The highest BCUT2D eigenvalue weighted by molar-refractivity contribution is 9.10. The third-order valence-corrected chi connectivity index (χ3v) is 3.44. The summed E-state index contributed by atoms with van der Waals surface area (Å²) in [5.41, 5.74) is 3.02. The smallest absolute Gasteiger partial charge is 0.125 e. The van der Waals surface area contributed by atoms with Gasteiger partial charge in [0.25, 0.3) is 0 Å². The Balaban J connectivity index is 2.00. The Morgan fingerprint density at radius 1 is 1.16 bits per heavy atom. The summed E-state index contributed by atoms with van der Waals surface area (Å²) >= 11 is 3.42. The highest BCUT2D eigenvalue weighted by Gasteiger charge is 2.05. The lowest BCUT2D eigenvalue weighted by Gasteiger charge is -2.16. The number of hydrogen-bond donors (Lipinski definition) is 1. The van der Waals surface area contributed by atoms with Crippen molar-refractivity contribution in [3.8, 4) is 0 Å². The van der Waals surface area contributed by atoms with Gasteiger partial charge in [-0.3, -0.25) is 0 Å². The Morgan fingerprint density at radius 2 is 1.84 bits per heavy atom. The first-order valence-corrected chi connectivity index (χ1v) is 7.10. The van der Waals surface area contributed by atoms with Gasteiger partial charge in [0.1, 0.15) is 5.82 Å². The Kier molecular flexibility index (Phi) is 4.59. The molecule has 2 aromatic carbocycles. The molecule has 100 valence electrons. The van der Waals surface area contributed by atoms with E-state index in [9.17, 15) is 4.39 Å². The summed E-state index contributed by atoms with van der Waals surface area (Å²) in [5.74, 6) is -0.196. The van der Waals surface area contributed by atoms with Crippen LogP contribution in [0.2, 0.25) is 0 Å². The average molecular weight is 322 g/mol. The molecule has 0 saturated heterocycles. The van der Waals surface area contributed by atoms with E-state index in [-0.39, 0.29) is 11.9 Å². The molecule has 0 aliphatic rings. The first-order chi connectivity index (χ1) is 9.02. The molecule has 1 atom stereocenters. The summed E-state index contributed by atoms with van der Waals surface area (Å²) in [6, 6.07) is 13.5. The first kappa shape index (κ1) is 14.1. The highest BCUT2D eigenvalue weighted by atomic mass is 79.9. The number of benzene rings is 2. The first-order valence-electron chi connectivity index (χ1n) is 6.31. The molecule has 0 radical (unpaired) electrons. The summed E-state index contributed by atoms with van der Waals surface area (Å²) in [6.45, 7) is 4.00. The van der Waals surface area contributed by atoms with Crippen LogP contribution in [0.15, 0.2) is 46.9 Å². The van der Waals surface area contributed by atoms with E-state index in [1.54, 1.807) is 0 Å². The van der Waals surface area contributed by atoms with E-state index >= 15 is 0 Å². The van der Waals surface area contributed by atoms with Gasteiger partial charge in [-0.1, -0.05) is 28.1 Å². The lowest BCUT2D eigenvalue weighted by Crippen LogP contribution is -2.18. The molecule has 19 heavy (non-hydrogen) atoms. The quantitative estimate of drug-likeness (QED) is 0.841. The lowest BCUT2D eigenvalue weighted by molar-refractivity contribution is 0.626. The van der Waals surface area contributed by atoms with Gasteiger partial charge >= 0.3 is 0 Å². The maximum absolute atomic E-state index is 13.3. The Hall–Kier alpha value is -1.35. The predicted molar refractivity (Wildman–Crippen MR) is 82.1 cm³/mol. The minimum absolute atomic E-state index is 0.196. The van der Waals surface area contributed by atoms with E-state index in [0.717, 1.165) is 22.1 Å². The van der Waals surface area contributed by atoms with Crippen molar-refractivity contribution in [1.29, 1.82) is 0 Å². The molecule has 1 unspecified atom stereocenters. The van der Waals surface area contributed by atoms with Crippen LogP contribution in [0.25, 0.3) is 0 Å². The Bertz CT molecular complexity index is 531. The molecule has 0 aliphatic heterocycles. The zero-order chi connectivity index (χ0) is 13.8. The van der Waals surface area contributed by atoms with Crippen molar-refractivity contribution in [2.24, 2.45) is 0 Å². The molecule has 0 fully saturated rings. The standard InChI is InChI=1S/C16H17BrFN/c1-11-7-15(18)10-16(8-11)19-12(2)9-13-3-5-14(17)6-4-13/h3-8,10,12,19H,9H2,1-2H3. The van der Waals surface area contributed by atoms with Crippen molar-refractivity contribution in [2.45, 2.75) is 26.3 Å². The molecule has 2 aromatic rings. The molecule has 0 amide bonds. The molecule has 0 aromatic heterocycles. The number of nitrogens with one attached hydrogen (secondary N) is 1. The fourth-order valence-corrected chi connectivity index (χ4v) is 2.39. The second-order valence-electron chi connectivity index (χ2n) is 4.89. The van der Waals surface area contributed by atoms with Gasteiger partial charge in [0.15, 0.2) is 0 Å². The van der Waals surface area contributed by atoms with Crippen molar-refractivity contribution in [1.82, 2.24) is 0 Å². The van der Waals surface area contributed by atoms with Crippen LogP contribution in [0.1, 0.15) is 18.1 Å². The molecular weight excluding hydrogens is 305 g/mol. The summed E-state index contributed by atoms with van der Waals surface area (Å²) in [6.07, 6.45) is 0.906. The van der Waals surface area contributed by atoms with Crippen LogP contribution < -0.4 is 5.32 Å². The topological polar surface area (TPSA) is 12.0 Å². The van der Waals surface area contributed by atoms with E-state index in [4.69, 9.17) is 0 Å². The van der Waals surface area contributed by atoms with Crippen molar-refractivity contribution >= 4 is 21.6 Å². The molecule has 0 heterocycles. The molecular formula is C16H17BrFN. The fraction of sp³-hybridized carbons (Fsp3) is 0.250. The molecule has 1 nitrogen and oxygen atoms in total. The van der Waals surface area contributed by atoms with E-state index in [2.05, 4.69) is 40.3 Å². The molecule has 3 heteroatoms. The van der Waals surface area contributed by atoms with Gasteiger partial charge in [0, 0.05) is 16.2 Å². The molecule has 0 bridgehead atoms. The van der Waals surface area contributed by atoms with Crippen LogP contribution in [0, 0.1) is 12.7 Å². The number of anilines is 1. The van der Waals surface area contributed by atoms with Crippen molar-refractivity contribution in [3.63, 3.8) is 0 Å². The van der Waals surface area contributed by atoms with Gasteiger partial charge in [0.05, 0.1) is 0 Å². The zero-order valence-corrected chi connectivity index (χ0v) is 12.7. The number of aryl methyl sites for hydroxylation is 1. The van der Waals surface area contributed by atoms with Gasteiger partial charge in [0.2, 0.25) is 0 Å². The number of hydrogen-bond acceptors (Lipinski definition) is 1. The van der Waals surface area contributed by atoms with Crippen molar-refractivity contribution in [3.05, 3.63) is 63.9 Å². The minimum atomic E-state index is -0.196. The number of rotatable bonds is 4. The van der Waals surface area contributed by atoms with E-state index in [0.29, 0.717) is 0 Å². The molecule has 2 rings (SSSR count). The van der Waals surface area contributed by atoms with Crippen molar-refractivity contribution < 1.29 is 4.39 Å². The second kappa shape index (κ2) is 6.20. The van der Waals surface area contributed by atoms with E-state index < -0.39 is 0 Å². The molecule has 0 spiro atoms. The third-order valence-electron chi connectivity index (χ3n) is 2.91. The van der Waals surface area contributed by atoms with Crippen LogP contribution in [0.3, 0.4) is 0 Å². The predicted octanol–water partition coefficient (Wildman–Crippen LogP) is 4.94. The largest absolute Gasteiger partial charge is 0.382 e. The van der Waals surface area contributed by atoms with E-state index in [1.165, 1.54) is 17.7 Å². The van der Waals surface area contributed by atoms with Gasteiger partial charge < -0.3 is 5.32 Å². The minimum Gasteiger partial charge on any atom is -0.382 e. The summed E-state index contributed by atoms with van der Waals surface area (Å²) < 4.78 is 14.4. The van der Waals surface area contributed by atoms with Crippen LogP contribution in [0.5, 0.6) is 0 Å². The molecule has 0 saturated carbocycles. The van der Waals surface area contributed by atoms with Gasteiger partial charge in [-0.25, -0.2) is 4.39 Å². The van der Waals surface area contributed by atoms with Gasteiger partial charge in [-0.15, -0.1) is 0 Å². The molecule has 1 N–H and O–H groups in total. The molecule has 0 aliphatic carbocycles. The van der Waals surface area contributed by atoms with Gasteiger partial charge in [-0.05, 0) is 61.7 Å². The monoisotopic (exact) mass is 321 g/mol. The van der Waals surface area contributed by atoms with Crippen LogP contribution in [-0.4, -0.2) is 6.04 Å². The van der Waals surface area contributed by atoms with Gasteiger partial charge in [-0.2, -0.15) is 0 Å². The summed E-state index contributed by atoms with van der Waals surface area (Å²) in [4.78, 5) is 0. The number of halogens is 2. The second-order valence-corrected chi connectivity index (χ2v) is 5.81. The normalized spacial score (nSPS) is 12.2. The summed E-state index contributed by atoms with van der Waals surface area (Å²) in [5, 5.41) is 3.33. The SMILES string of the molecule is Cc1cc(F)cc(NC(C)Cc2ccc(Br)cc2)c1. The van der Waals surface area contributed by atoms with E-state index in [1.807, 2.05) is 25.1 Å². The highest BCUT2D eigenvalue weighted by Crippen LogP contribution is 2.16. The van der Waals surface area contributed by atoms with Crippen LogP contribution >= 0.6 is 15.9 Å².